The Hall–Kier alpha value is -3.82. The molecule has 3 aromatic rings. The van der Waals surface area contributed by atoms with E-state index in [4.69, 9.17) is 0 Å². The Morgan fingerprint density at radius 3 is 2.82 bits per heavy atom. The molecule has 0 aliphatic carbocycles. The molecule has 2 aliphatic rings. The van der Waals surface area contributed by atoms with Gasteiger partial charge in [-0.3, -0.25) is 9.69 Å². The van der Waals surface area contributed by atoms with Crippen LogP contribution in [0.2, 0.25) is 0 Å². The molecule has 0 saturated carbocycles. The zero-order chi connectivity index (χ0) is 23.7. The standard InChI is InChI=1S/C22H23FN10O/c1-14-17(2-3-19(23)18(14)7-24)20-12-31-4-5-32(11-16(31)10-25-20)21(34)6-15-8-26-22(27-9-15)33-13-28-29-30-33/h2-3,8-9,13,16,20,25H,4-6,10-12H2,1H3/t16-,20+/m1/s1. The number of aromatic nitrogens is 6. The van der Waals surface area contributed by atoms with Gasteiger partial charge in [0, 0.05) is 57.2 Å². The lowest BCUT2D eigenvalue weighted by molar-refractivity contribution is -0.134. The third kappa shape index (κ3) is 4.23. The third-order valence-electron chi connectivity index (χ3n) is 6.52. The fraction of sp³-hybridized carbons (Fsp3) is 0.409. The van der Waals surface area contributed by atoms with Gasteiger partial charge in [0.05, 0.1) is 12.0 Å². The fourth-order valence-electron chi connectivity index (χ4n) is 4.65. The number of nitrogens with one attached hydrogen (secondary N) is 1. The van der Waals surface area contributed by atoms with Crippen molar-refractivity contribution in [1.29, 1.82) is 5.26 Å². The number of amides is 1. The van der Waals surface area contributed by atoms with Crippen molar-refractivity contribution in [1.82, 2.24) is 45.3 Å². The van der Waals surface area contributed by atoms with Gasteiger partial charge in [-0.1, -0.05) is 6.07 Å². The molecule has 0 bridgehead atoms. The maximum atomic E-state index is 13.9. The number of nitriles is 1. The molecule has 4 heterocycles. The van der Waals surface area contributed by atoms with Crippen LogP contribution in [0, 0.1) is 24.1 Å². The number of carbonyl (C=O) groups excluding carboxylic acids is 1. The fourth-order valence-corrected chi connectivity index (χ4v) is 4.65. The number of tetrazole rings is 1. The second-order valence-corrected chi connectivity index (χ2v) is 8.52. The predicted octanol–water partition coefficient (Wildman–Crippen LogP) is 0.171. The van der Waals surface area contributed by atoms with Crippen molar-refractivity contribution in [2.75, 3.05) is 32.7 Å². The molecule has 2 aliphatic heterocycles. The molecule has 0 spiro atoms. The van der Waals surface area contributed by atoms with Gasteiger partial charge in [-0.05, 0) is 40.1 Å². The molecule has 2 saturated heterocycles. The molecule has 174 valence electrons. The Labute approximate surface area is 195 Å². The minimum absolute atomic E-state index is 0.0158. The van der Waals surface area contributed by atoms with E-state index in [0.29, 0.717) is 31.1 Å². The van der Waals surface area contributed by atoms with Gasteiger partial charge in [0.2, 0.25) is 5.91 Å². The minimum Gasteiger partial charge on any atom is -0.340 e. The van der Waals surface area contributed by atoms with Crippen LogP contribution in [-0.4, -0.2) is 84.6 Å². The average molecular weight is 462 g/mol. The lowest BCUT2D eigenvalue weighted by atomic mass is 9.93. The summed E-state index contributed by atoms with van der Waals surface area (Å²) in [6.45, 7) is 5.27. The van der Waals surface area contributed by atoms with Crippen LogP contribution in [0.4, 0.5) is 4.39 Å². The number of benzene rings is 1. The summed E-state index contributed by atoms with van der Waals surface area (Å²) in [5.74, 6) is -0.107. The van der Waals surface area contributed by atoms with Crippen LogP contribution in [0.1, 0.15) is 28.3 Å². The molecular weight excluding hydrogens is 439 g/mol. The van der Waals surface area contributed by atoms with Crippen molar-refractivity contribution in [3.8, 4) is 12.0 Å². The number of hydrogen-bond acceptors (Lipinski definition) is 9. The van der Waals surface area contributed by atoms with Gasteiger partial charge in [0.15, 0.2) is 0 Å². The van der Waals surface area contributed by atoms with Gasteiger partial charge >= 0.3 is 0 Å². The van der Waals surface area contributed by atoms with E-state index in [1.807, 2.05) is 11.0 Å². The maximum Gasteiger partial charge on any atom is 0.253 e. The largest absolute Gasteiger partial charge is 0.340 e. The first-order valence-electron chi connectivity index (χ1n) is 11.0. The number of nitrogens with zero attached hydrogens (tertiary/aromatic N) is 9. The minimum atomic E-state index is -0.486. The van der Waals surface area contributed by atoms with Gasteiger partial charge in [-0.25, -0.2) is 14.4 Å². The van der Waals surface area contributed by atoms with Crippen molar-refractivity contribution in [3.05, 3.63) is 58.9 Å². The Morgan fingerprint density at radius 2 is 2.09 bits per heavy atom. The monoisotopic (exact) mass is 462 g/mol. The average Bonchev–Trinajstić information content (AvgIpc) is 3.39. The van der Waals surface area contributed by atoms with Crippen LogP contribution in [0.5, 0.6) is 0 Å². The second-order valence-electron chi connectivity index (χ2n) is 8.52. The topological polar surface area (TPSA) is 129 Å². The number of fused-ring (bicyclic) bond motifs is 1. The van der Waals surface area contributed by atoms with Gasteiger partial charge < -0.3 is 10.2 Å². The summed E-state index contributed by atoms with van der Waals surface area (Å²) in [5.41, 5.74) is 2.46. The smallest absolute Gasteiger partial charge is 0.253 e. The van der Waals surface area contributed by atoms with E-state index in [9.17, 15) is 14.4 Å². The summed E-state index contributed by atoms with van der Waals surface area (Å²) in [6.07, 6.45) is 4.86. The highest BCUT2D eigenvalue weighted by Crippen LogP contribution is 2.27. The van der Waals surface area contributed by atoms with E-state index in [1.54, 1.807) is 25.4 Å². The number of hydrogen-bond donors (Lipinski definition) is 1. The second kappa shape index (κ2) is 9.20. The molecule has 0 radical (unpaired) electrons. The first kappa shape index (κ1) is 22.0. The summed E-state index contributed by atoms with van der Waals surface area (Å²) in [4.78, 5) is 25.6. The van der Waals surface area contributed by atoms with Gasteiger partial charge in [0.1, 0.15) is 18.2 Å². The summed E-state index contributed by atoms with van der Waals surface area (Å²) in [5, 5.41) is 23.7. The Balaban J connectivity index is 1.19. The van der Waals surface area contributed by atoms with E-state index in [-0.39, 0.29) is 30.0 Å². The SMILES string of the molecule is Cc1c([C@@H]2CN3CCN(C(=O)Cc4cnc(-n5cnnn5)nc4)C[C@H]3CN2)ccc(F)c1C#N. The molecule has 2 aromatic heterocycles. The summed E-state index contributed by atoms with van der Waals surface area (Å²) in [7, 11) is 0. The van der Waals surface area contributed by atoms with Gasteiger partial charge in [-0.15, -0.1) is 5.10 Å². The van der Waals surface area contributed by atoms with Crippen LogP contribution in [0.15, 0.2) is 30.9 Å². The van der Waals surface area contributed by atoms with Crippen LogP contribution in [0.3, 0.4) is 0 Å². The zero-order valence-electron chi connectivity index (χ0n) is 18.6. The number of carbonyl (C=O) groups is 1. The molecule has 34 heavy (non-hydrogen) atoms. The molecule has 2 fully saturated rings. The molecule has 1 N–H and O–H groups in total. The highest BCUT2D eigenvalue weighted by molar-refractivity contribution is 5.78. The number of rotatable bonds is 4. The van der Waals surface area contributed by atoms with Crippen LogP contribution >= 0.6 is 0 Å². The van der Waals surface area contributed by atoms with Crippen molar-refractivity contribution >= 4 is 5.91 Å². The first-order chi connectivity index (χ1) is 16.5. The van der Waals surface area contributed by atoms with Crippen LogP contribution < -0.4 is 5.32 Å². The van der Waals surface area contributed by atoms with Crippen molar-refractivity contribution in [3.63, 3.8) is 0 Å². The van der Waals surface area contributed by atoms with Crippen molar-refractivity contribution < 1.29 is 9.18 Å². The molecule has 1 amide bonds. The normalized spacial score (nSPS) is 20.6. The van der Waals surface area contributed by atoms with Crippen molar-refractivity contribution in [2.24, 2.45) is 0 Å². The zero-order valence-corrected chi connectivity index (χ0v) is 18.6. The van der Waals surface area contributed by atoms with Gasteiger partial charge in [0.25, 0.3) is 5.95 Å². The van der Waals surface area contributed by atoms with E-state index in [0.717, 1.165) is 24.2 Å². The van der Waals surface area contributed by atoms with Gasteiger partial charge in [-0.2, -0.15) is 9.94 Å². The van der Waals surface area contributed by atoms with Crippen molar-refractivity contribution in [2.45, 2.75) is 25.4 Å². The Morgan fingerprint density at radius 1 is 1.26 bits per heavy atom. The molecule has 2 atom stereocenters. The predicted molar refractivity (Wildman–Crippen MR) is 117 cm³/mol. The maximum absolute atomic E-state index is 13.9. The number of halogens is 1. The molecule has 0 unspecified atom stereocenters. The summed E-state index contributed by atoms with van der Waals surface area (Å²) < 4.78 is 15.3. The van der Waals surface area contributed by atoms with Crippen LogP contribution in [-0.2, 0) is 11.2 Å². The Kier molecular flexibility index (Phi) is 5.95. The molecule has 12 heteroatoms. The first-order valence-corrected chi connectivity index (χ1v) is 11.0. The van der Waals surface area contributed by atoms with E-state index in [2.05, 4.69) is 35.7 Å². The van der Waals surface area contributed by atoms with Crippen LogP contribution in [0.25, 0.3) is 5.95 Å². The summed E-state index contributed by atoms with van der Waals surface area (Å²) in [6, 6.07) is 5.31. The molecule has 5 rings (SSSR count). The quantitative estimate of drug-likeness (QED) is 0.577. The lowest BCUT2D eigenvalue weighted by Crippen LogP contribution is -2.62. The number of piperazine rings is 2. The molecular formula is C22H23FN10O. The Bertz CT molecular complexity index is 1220. The molecule has 11 nitrogen and oxygen atoms in total. The van der Waals surface area contributed by atoms with E-state index in [1.165, 1.54) is 17.1 Å². The highest BCUT2D eigenvalue weighted by Gasteiger charge is 2.35. The van der Waals surface area contributed by atoms with E-state index >= 15 is 0 Å². The third-order valence-corrected chi connectivity index (χ3v) is 6.52. The highest BCUT2D eigenvalue weighted by atomic mass is 19.1. The van der Waals surface area contributed by atoms with E-state index < -0.39 is 5.82 Å². The molecule has 1 aromatic carbocycles. The summed E-state index contributed by atoms with van der Waals surface area (Å²) >= 11 is 0. The lowest BCUT2D eigenvalue weighted by Gasteiger charge is -2.47.